The molecule has 2 aliphatic rings. The third-order valence-corrected chi connectivity index (χ3v) is 7.95. The van der Waals surface area contributed by atoms with Crippen molar-refractivity contribution in [2.24, 2.45) is 0 Å². The maximum absolute atomic E-state index is 13.6. The highest BCUT2D eigenvalue weighted by molar-refractivity contribution is 7.22. The van der Waals surface area contributed by atoms with Crippen molar-refractivity contribution in [3.05, 3.63) is 101 Å². The minimum atomic E-state index is -0.934. The van der Waals surface area contributed by atoms with E-state index in [9.17, 15) is 14.7 Å². The minimum absolute atomic E-state index is 0.0221. The molecule has 0 saturated carbocycles. The molecule has 1 aromatic heterocycles. The zero-order chi connectivity index (χ0) is 27.3. The molecule has 0 bridgehead atoms. The van der Waals surface area contributed by atoms with Gasteiger partial charge >= 0.3 is 5.91 Å². The van der Waals surface area contributed by atoms with Crippen LogP contribution in [0.2, 0.25) is 5.02 Å². The number of benzene rings is 3. The summed E-state index contributed by atoms with van der Waals surface area (Å²) >= 11 is 7.43. The van der Waals surface area contributed by atoms with Gasteiger partial charge in [0.25, 0.3) is 5.78 Å². The van der Waals surface area contributed by atoms with Crippen LogP contribution in [-0.2, 0) is 16.0 Å². The number of aromatic nitrogens is 1. The number of ketones is 1. The summed E-state index contributed by atoms with van der Waals surface area (Å²) in [6, 6.07) is 16.7. The van der Waals surface area contributed by atoms with E-state index < -0.39 is 17.7 Å². The van der Waals surface area contributed by atoms with Crippen molar-refractivity contribution in [3.63, 3.8) is 0 Å². The van der Waals surface area contributed by atoms with E-state index in [4.69, 9.17) is 21.1 Å². The summed E-state index contributed by atoms with van der Waals surface area (Å²) < 4.78 is 12.3. The lowest BCUT2D eigenvalue weighted by Crippen LogP contribution is -2.29. The number of Topliss-reactive ketones (excluding diaryl/α,β-unsaturated/α-hetero) is 1. The fourth-order valence-corrected chi connectivity index (χ4v) is 6.26. The van der Waals surface area contributed by atoms with E-state index >= 15 is 0 Å². The van der Waals surface area contributed by atoms with Gasteiger partial charge in [0.05, 0.1) is 21.8 Å². The van der Waals surface area contributed by atoms with Crippen LogP contribution in [0.4, 0.5) is 5.13 Å². The van der Waals surface area contributed by atoms with E-state index in [1.54, 1.807) is 60.7 Å². The van der Waals surface area contributed by atoms with Gasteiger partial charge in [0, 0.05) is 17.0 Å². The zero-order valence-electron chi connectivity index (χ0n) is 20.9. The molecular formula is C30H23ClN2O5S. The Morgan fingerprint density at radius 2 is 2.08 bits per heavy atom. The molecule has 0 spiro atoms. The lowest BCUT2D eigenvalue weighted by atomic mass is 9.94. The number of aliphatic hydroxyl groups excluding tert-OH is 1. The third kappa shape index (κ3) is 4.45. The minimum Gasteiger partial charge on any atom is -0.507 e. The van der Waals surface area contributed by atoms with Gasteiger partial charge in [-0.25, -0.2) is 4.98 Å². The first-order valence-corrected chi connectivity index (χ1v) is 13.5. The van der Waals surface area contributed by atoms with Crippen LogP contribution in [-0.4, -0.2) is 34.5 Å². The summed E-state index contributed by atoms with van der Waals surface area (Å²) in [6.45, 7) is 5.94. The number of fused-ring (bicyclic) bond motifs is 2. The summed E-state index contributed by atoms with van der Waals surface area (Å²) in [5.74, 6) is -0.543. The SMILES string of the molecule is C=CCOc1cccc([C@@H]2/C(=C(\O)c3ccc4c(c3)C[C@H](C)O4)C(=O)C(=O)N2c2nc3ccc(Cl)cc3s2)c1. The standard InChI is InChI=1S/C30H23ClN2O5S/c1-3-11-37-21-6-4-5-17(14-21)26-25(27(34)18-7-10-23-19(13-18)12-16(2)38-23)28(35)29(36)33(26)30-32-22-9-8-20(31)15-24(22)39-30/h3-10,13-16,26,34H,1,11-12H2,2H3/b27-25+/t16-,26+/m0/s1. The monoisotopic (exact) mass is 558 g/mol. The first-order valence-electron chi connectivity index (χ1n) is 12.3. The number of halogens is 1. The molecule has 0 radical (unpaired) electrons. The van der Waals surface area contributed by atoms with E-state index in [0.29, 0.717) is 39.0 Å². The Bertz CT molecular complexity index is 1690. The molecule has 1 fully saturated rings. The predicted molar refractivity (Wildman–Crippen MR) is 152 cm³/mol. The van der Waals surface area contributed by atoms with Crippen LogP contribution in [0, 0.1) is 0 Å². The van der Waals surface area contributed by atoms with Crippen LogP contribution in [0.3, 0.4) is 0 Å². The number of hydrogen-bond acceptors (Lipinski definition) is 7. The van der Waals surface area contributed by atoms with Gasteiger partial charge in [-0.15, -0.1) is 0 Å². The number of anilines is 1. The van der Waals surface area contributed by atoms with E-state index in [2.05, 4.69) is 11.6 Å². The summed E-state index contributed by atoms with van der Waals surface area (Å²) in [5, 5.41) is 12.4. The highest BCUT2D eigenvalue weighted by atomic mass is 35.5. The molecule has 3 heterocycles. The molecule has 3 aromatic carbocycles. The second kappa shape index (κ2) is 9.87. The lowest BCUT2D eigenvalue weighted by Gasteiger charge is -2.23. The Morgan fingerprint density at radius 1 is 1.23 bits per heavy atom. The molecule has 196 valence electrons. The number of aliphatic hydroxyl groups is 1. The van der Waals surface area contributed by atoms with Gasteiger partial charge in [0.15, 0.2) is 5.13 Å². The average molecular weight is 559 g/mol. The highest BCUT2D eigenvalue weighted by Crippen LogP contribution is 2.45. The normalized spacial score (nSPS) is 19.8. The molecule has 2 atom stereocenters. The Labute approximate surface area is 233 Å². The van der Waals surface area contributed by atoms with Gasteiger partial charge in [0.1, 0.15) is 30.0 Å². The molecule has 1 amide bonds. The largest absolute Gasteiger partial charge is 0.507 e. The zero-order valence-corrected chi connectivity index (χ0v) is 22.5. The number of carbonyl (C=O) groups excluding carboxylic acids is 2. The molecule has 1 saturated heterocycles. The number of nitrogens with zero attached hydrogens (tertiary/aromatic N) is 2. The fourth-order valence-electron chi connectivity index (χ4n) is 4.99. The first kappa shape index (κ1) is 25.2. The van der Waals surface area contributed by atoms with Crippen molar-refractivity contribution < 1.29 is 24.2 Å². The van der Waals surface area contributed by atoms with E-state index in [0.717, 1.165) is 16.0 Å². The fraction of sp³-hybridized carbons (Fsp3) is 0.167. The van der Waals surface area contributed by atoms with Crippen LogP contribution in [0.25, 0.3) is 16.0 Å². The number of rotatable bonds is 6. The van der Waals surface area contributed by atoms with Gasteiger partial charge in [-0.2, -0.15) is 0 Å². The van der Waals surface area contributed by atoms with E-state index in [1.807, 2.05) is 13.0 Å². The molecule has 0 aliphatic carbocycles. The number of thiazole rings is 1. The molecule has 9 heteroatoms. The maximum Gasteiger partial charge on any atom is 0.301 e. The van der Waals surface area contributed by atoms with Crippen LogP contribution in [0.15, 0.2) is 78.9 Å². The molecule has 7 nitrogen and oxygen atoms in total. The maximum atomic E-state index is 13.6. The van der Waals surface area contributed by atoms with E-state index in [-0.39, 0.29) is 24.0 Å². The molecule has 1 N–H and O–H groups in total. The van der Waals surface area contributed by atoms with Crippen LogP contribution in [0.5, 0.6) is 11.5 Å². The summed E-state index contributed by atoms with van der Waals surface area (Å²) in [6.07, 6.45) is 2.34. The summed E-state index contributed by atoms with van der Waals surface area (Å²) in [4.78, 5) is 33.1. The Balaban J connectivity index is 1.53. The summed E-state index contributed by atoms with van der Waals surface area (Å²) in [5.41, 5.74) is 2.58. The number of carbonyl (C=O) groups is 2. The smallest absolute Gasteiger partial charge is 0.301 e. The van der Waals surface area contributed by atoms with Gasteiger partial charge in [-0.1, -0.05) is 47.7 Å². The second-order valence-corrected chi connectivity index (χ2v) is 10.9. The average Bonchev–Trinajstić information content (AvgIpc) is 3.59. The Kier molecular flexibility index (Phi) is 6.37. The van der Waals surface area contributed by atoms with Crippen molar-refractivity contribution in [1.29, 1.82) is 0 Å². The van der Waals surface area contributed by atoms with Crippen molar-refractivity contribution >= 4 is 55.7 Å². The van der Waals surface area contributed by atoms with Gasteiger partial charge in [-0.05, 0) is 66.6 Å². The lowest BCUT2D eigenvalue weighted by molar-refractivity contribution is -0.132. The molecule has 6 rings (SSSR count). The predicted octanol–water partition coefficient (Wildman–Crippen LogP) is 6.46. The molecule has 0 unspecified atom stereocenters. The van der Waals surface area contributed by atoms with Crippen LogP contribution in [0.1, 0.15) is 29.7 Å². The van der Waals surface area contributed by atoms with Gasteiger partial charge < -0.3 is 14.6 Å². The van der Waals surface area contributed by atoms with Crippen molar-refractivity contribution in [2.75, 3.05) is 11.5 Å². The van der Waals surface area contributed by atoms with Gasteiger partial charge in [-0.3, -0.25) is 14.5 Å². The van der Waals surface area contributed by atoms with Crippen molar-refractivity contribution in [1.82, 2.24) is 4.98 Å². The molecule has 4 aromatic rings. The molecular weight excluding hydrogens is 536 g/mol. The molecule has 2 aliphatic heterocycles. The van der Waals surface area contributed by atoms with Crippen LogP contribution < -0.4 is 14.4 Å². The van der Waals surface area contributed by atoms with Crippen molar-refractivity contribution in [2.45, 2.75) is 25.5 Å². The van der Waals surface area contributed by atoms with Crippen molar-refractivity contribution in [3.8, 4) is 11.5 Å². The highest BCUT2D eigenvalue weighted by Gasteiger charge is 2.48. The molecule has 39 heavy (non-hydrogen) atoms. The van der Waals surface area contributed by atoms with E-state index in [1.165, 1.54) is 16.2 Å². The topological polar surface area (TPSA) is 89.0 Å². The summed E-state index contributed by atoms with van der Waals surface area (Å²) in [7, 11) is 0. The number of hydrogen-bond donors (Lipinski definition) is 1. The number of ether oxygens (including phenoxy) is 2. The quantitative estimate of drug-likeness (QED) is 0.126. The Hall–Kier alpha value is -4.14. The second-order valence-electron chi connectivity index (χ2n) is 9.40. The van der Waals surface area contributed by atoms with Gasteiger partial charge in [0.2, 0.25) is 0 Å². The third-order valence-electron chi connectivity index (χ3n) is 6.70. The Morgan fingerprint density at radius 3 is 2.90 bits per heavy atom. The number of amides is 1. The van der Waals surface area contributed by atoms with Crippen LogP contribution >= 0.6 is 22.9 Å². The first-order chi connectivity index (χ1) is 18.8.